The fourth-order valence-corrected chi connectivity index (χ4v) is 1.99. The van der Waals surface area contributed by atoms with E-state index in [1.165, 1.54) is 11.1 Å². The van der Waals surface area contributed by atoms with Gasteiger partial charge >= 0.3 is 0 Å². The summed E-state index contributed by atoms with van der Waals surface area (Å²) in [4.78, 5) is 12.0. The van der Waals surface area contributed by atoms with Gasteiger partial charge in [0.1, 0.15) is 0 Å². The first kappa shape index (κ1) is 13.1. The van der Waals surface area contributed by atoms with Crippen molar-refractivity contribution in [3.05, 3.63) is 34.9 Å². The first-order valence-electron chi connectivity index (χ1n) is 6.60. The van der Waals surface area contributed by atoms with Crippen LogP contribution in [0, 0.1) is 6.92 Å². The third-order valence-corrected chi connectivity index (χ3v) is 3.32. The lowest BCUT2D eigenvalue weighted by molar-refractivity contribution is 0.0951. The van der Waals surface area contributed by atoms with Gasteiger partial charge in [0.05, 0.1) is 0 Å². The van der Waals surface area contributed by atoms with Crippen LogP contribution in [0.4, 0.5) is 0 Å². The van der Waals surface area contributed by atoms with Gasteiger partial charge in [-0.1, -0.05) is 6.07 Å². The van der Waals surface area contributed by atoms with Crippen molar-refractivity contribution in [1.29, 1.82) is 0 Å². The van der Waals surface area contributed by atoms with Crippen LogP contribution in [0.5, 0.6) is 0 Å². The van der Waals surface area contributed by atoms with Gasteiger partial charge in [0.2, 0.25) is 0 Å². The Morgan fingerprint density at radius 1 is 1.44 bits per heavy atom. The number of hydrogen-bond donors (Lipinski definition) is 1. The molecule has 0 spiro atoms. The predicted octanol–water partition coefficient (Wildman–Crippen LogP) is 2.47. The molecule has 1 N–H and O–H groups in total. The number of ether oxygens (including phenoxy) is 1. The molecule has 0 saturated heterocycles. The molecule has 1 aliphatic carbocycles. The van der Waals surface area contributed by atoms with Crippen LogP contribution < -0.4 is 5.32 Å². The van der Waals surface area contributed by atoms with Gasteiger partial charge in [-0.05, 0) is 55.9 Å². The van der Waals surface area contributed by atoms with Gasteiger partial charge in [0.25, 0.3) is 5.91 Å². The zero-order valence-electron chi connectivity index (χ0n) is 11.2. The molecule has 0 radical (unpaired) electrons. The van der Waals surface area contributed by atoms with E-state index in [0.29, 0.717) is 6.04 Å². The summed E-state index contributed by atoms with van der Waals surface area (Å²) < 4.78 is 5.06. The highest BCUT2D eigenvalue weighted by atomic mass is 16.5. The lowest BCUT2D eigenvalue weighted by Crippen LogP contribution is -2.25. The van der Waals surface area contributed by atoms with Crippen LogP contribution in [0.1, 0.15) is 40.7 Å². The number of amides is 1. The van der Waals surface area contributed by atoms with Crippen molar-refractivity contribution in [3.63, 3.8) is 0 Å². The minimum absolute atomic E-state index is 0.0606. The SMILES string of the molecule is COCCCc1cc(C(=O)NC2CC2)ccc1C. The molecule has 0 heterocycles. The molecule has 98 valence electrons. The molecule has 0 aliphatic heterocycles. The Balaban J connectivity index is 2.01. The second-order valence-electron chi connectivity index (χ2n) is 4.99. The average Bonchev–Trinajstić information content (AvgIpc) is 3.15. The van der Waals surface area contributed by atoms with Gasteiger partial charge in [0.15, 0.2) is 0 Å². The van der Waals surface area contributed by atoms with E-state index in [9.17, 15) is 4.79 Å². The lowest BCUT2D eigenvalue weighted by atomic mass is 10.0. The van der Waals surface area contributed by atoms with E-state index >= 15 is 0 Å². The number of methoxy groups -OCH3 is 1. The highest BCUT2D eigenvalue weighted by molar-refractivity contribution is 5.94. The molecule has 3 nitrogen and oxygen atoms in total. The van der Waals surface area contributed by atoms with E-state index in [2.05, 4.69) is 12.2 Å². The zero-order chi connectivity index (χ0) is 13.0. The third-order valence-electron chi connectivity index (χ3n) is 3.32. The maximum Gasteiger partial charge on any atom is 0.251 e. The topological polar surface area (TPSA) is 38.3 Å². The van der Waals surface area contributed by atoms with Crippen LogP contribution in [0.2, 0.25) is 0 Å². The van der Waals surface area contributed by atoms with E-state index in [4.69, 9.17) is 4.74 Å². The Labute approximate surface area is 109 Å². The minimum Gasteiger partial charge on any atom is -0.385 e. The molecule has 1 aromatic carbocycles. The minimum atomic E-state index is 0.0606. The number of carbonyl (C=O) groups excluding carboxylic acids is 1. The molecule has 1 fully saturated rings. The Kier molecular flexibility index (Phi) is 4.37. The molecule has 2 rings (SSSR count). The number of rotatable bonds is 6. The summed E-state index contributed by atoms with van der Waals surface area (Å²) in [7, 11) is 1.71. The molecular formula is C15H21NO2. The summed E-state index contributed by atoms with van der Waals surface area (Å²) in [5, 5.41) is 3.02. The van der Waals surface area contributed by atoms with Crippen molar-refractivity contribution in [2.24, 2.45) is 0 Å². The highest BCUT2D eigenvalue weighted by Gasteiger charge is 2.23. The van der Waals surface area contributed by atoms with E-state index < -0.39 is 0 Å². The molecule has 18 heavy (non-hydrogen) atoms. The summed E-state index contributed by atoms with van der Waals surface area (Å²) in [5.41, 5.74) is 3.27. The van der Waals surface area contributed by atoms with Crippen molar-refractivity contribution in [2.75, 3.05) is 13.7 Å². The van der Waals surface area contributed by atoms with Gasteiger partial charge in [-0.2, -0.15) is 0 Å². The molecule has 1 saturated carbocycles. The first-order chi connectivity index (χ1) is 8.70. The molecule has 0 bridgehead atoms. The molecule has 0 aromatic heterocycles. The van der Waals surface area contributed by atoms with Crippen LogP contribution in [-0.4, -0.2) is 25.7 Å². The summed E-state index contributed by atoms with van der Waals surface area (Å²) in [6.07, 6.45) is 4.20. The summed E-state index contributed by atoms with van der Waals surface area (Å²) >= 11 is 0. The van der Waals surface area contributed by atoms with Crippen LogP contribution in [0.25, 0.3) is 0 Å². The quantitative estimate of drug-likeness (QED) is 0.784. The number of carbonyl (C=O) groups is 1. The van der Waals surface area contributed by atoms with Gasteiger partial charge in [0, 0.05) is 25.3 Å². The second kappa shape index (κ2) is 6.01. The number of hydrogen-bond acceptors (Lipinski definition) is 2. The van der Waals surface area contributed by atoms with Crippen LogP contribution in [0.3, 0.4) is 0 Å². The normalized spacial score (nSPS) is 14.6. The van der Waals surface area contributed by atoms with Crippen molar-refractivity contribution >= 4 is 5.91 Å². The Bertz CT molecular complexity index is 425. The largest absolute Gasteiger partial charge is 0.385 e. The van der Waals surface area contributed by atoms with Gasteiger partial charge in [-0.25, -0.2) is 0 Å². The fourth-order valence-electron chi connectivity index (χ4n) is 1.99. The van der Waals surface area contributed by atoms with E-state index in [1.807, 2.05) is 18.2 Å². The maximum absolute atomic E-state index is 12.0. The van der Waals surface area contributed by atoms with Crippen molar-refractivity contribution < 1.29 is 9.53 Å². The van der Waals surface area contributed by atoms with E-state index in [1.54, 1.807) is 7.11 Å². The van der Waals surface area contributed by atoms with Crippen LogP contribution in [0.15, 0.2) is 18.2 Å². The Morgan fingerprint density at radius 3 is 2.89 bits per heavy atom. The van der Waals surface area contributed by atoms with Gasteiger partial charge < -0.3 is 10.1 Å². The smallest absolute Gasteiger partial charge is 0.251 e. The molecule has 3 heteroatoms. The third kappa shape index (κ3) is 3.57. The number of aryl methyl sites for hydroxylation is 2. The molecule has 1 aliphatic rings. The molecule has 1 amide bonds. The van der Waals surface area contributed by atoms with Gasteiger partial charge in [-0.3, -0.25) is 4.79 Å². The van der Waals surface area contributed by atoms with Crippen LogP contribution >= 0.6 is 0 Å². The standard InChI is InChI=1S/C15H21NO2/c1-11-5-6-13(15(17)16-14-7-8-14)10-12(11)4-3-9-18-2/h5-6,10,14H,3-4,7-9H2,1-2H3,(H,16,17). The Morgan fingerprint density at radius 2 is 2.22 bits per heavy atom. The lowest BCUT2D eigenvalue weighted by Gasteiger charge is -2.09. The number of nitrogens with one attached hydrogen (secondary N) is 1. The number of benzene rings is 1. The monoisotopic (exact) mass is 247 g/mol. The fraction of sp³-hybridized carbons (Fsp3) is 0.533. The van der Waals surface area contributed by atoms with Gasteiger partial charge in [-0.15, -0.1) is 0 Å². The predicted molar refractivity (Wildman–Crippen MR) is 71.9 cm³/mol. The summed E-state index contributed by atoms with van der Waals surface area (Å²) in [6.45, 7) is 2.85. The molecular weight excluding hydrogens is 226 g/mol. The van der Waals surface area contributed by atoms with Crippen molar-refractivity contribution in [1.82, 2.24) is 5.32 Å². The second-order valence-corrected chi connectivity index (χ2v) is 4.99. The maximum atomic E-state index is 12.0. The molecule has 0 unspecified atom stereocenters. The zero-order valence-corrected chi connectivity index (χ0v) is 11.2. The first-order valence-corrected chi connectivity index (χ1v) is 6.60. The van der Waals surface area contributed by atoms with Crippen LogP contribution in [-0.2, 0) is 11.2 Å². The highest BCUT2D eigenvalue weighted by Crippen LogP contribution is 2.20. The Hall–Kier alpha value is -1.35. The molecule has 1 aromatic rings. The van der Waals surface area contributed by atoms with Crippen molar-refractivity contribution in [2.45, 2.75) is 38.6 Å². The average molecular weight is 247 g/mol. The molecule has 0 atom stereocenters. The van der Waals surface area contributed by atoms with E-state index in [-0.39, 0.29) is 5.91 Å². The van der Waals surface area contributed by atoms with Crippen molar-refractivity contribution in [3.8, 4) is 0 Å². The van der Waals surface area contributed by atoms with E-state index in [0.717, 1.165) is 37.9 Å². The summed E-state index contributed by atoms with van der Waals surface area (Å²) in [5.74, 6) is 0.0606. The summed E-state index contributed by atoms with van der Waals surface area (Å²) in [6, 6.07) is 6.37.